The molecule has 114 valence electrons. The molecule has 4 heteroatoms. The van der Waals surface area contributed by atoms with E-state index in [1.54, 1.807) is 6.20 Å². The van der Waals surface area contributed by atoms with Crippen molar-refractivity contribution in [2.24, 2.45) is 10.8 Å². The maximum atomic E-state index is 12.3. The van der Waals surface area contributed by atoms with Crippen LogP contribution in [0.25, 0.3) is 0 Å². The molecular weight excluding hydrogens is 274 g/mol. The van der Waals surface area contributed by atoms with Crippen LogP contribution >= 0.6 is 0 Å². The van der Waals surface area contributed by atoms with Gasteiger partial charge in [-0.3, -0.25) is 14.7 Å². The highest BCUT2D eigenvalue weighted by Crippen LogP contribution is 2.48. The summed E-state index contributed by atoms with van der Waals surface area (Å²) in [6.45, 7) is 6.70. The summed E-state index contributed by atoms with van der Waals surface area (Å²) in [6.07, 6.45) is 7.47. The van der Waals surface area contributed by atoms with Crippen molar-refractivity contribution in [2.75, 3.05) is 13.1 Å². The number of carbonyl (C=O) groups is 1. The minimum atomic E-state index is -0.440. The Balaban J connectivity index is 1.80. The Morgan fingerprint density at radius 1 is 1.45 bits per heavy atom. The van der Waals surface area contributed by atoms with Crippen LogP contribution in [0.2, 0.25) is 0 Å². The lowest BCUT2D eigenvalue weighted by molar-refractivity contribution is -0.125. The zero-order valence-electron chi connectivity index (χ0n) is 13.2. The first-order chi connectivity index (χ1) is 10.4. The van der Waals surface area contributed by atoms with Crippen LogP contribution in [0.1, 0.15) is 32.3 Å². The van der Waals surface area contributed by atoms with Crippen LogP contribution in [0.3, 0.4) is 0 Å². The number of nitriles is 1. The van der Waals surface area contributed by atoms with Crippen molar-refractivity contribution in [2.45, 2.75) is 33.2 Å². The molecule has 1 aromatic heterocycles. The maximum absolute atomic E-state index is 12.3. The highest BCUT2D eigenvalue weighted by Gasteiger charge is 2.47. The van der Waals surface area contributed by atoms with Gasteiger partial charge in [-0.25, -0.2) is 0 Å². The zero-order chi connectivity index (χ0) is 15.8. The lowest BCUT2D eigenvalue weighted by Crippen LogP contribution is -2.39. The molecule has 22 heavy (non-hydrogen) atoms. The summed E-state index contributed by atoms with van der Waals surface area (Å²) < 4.78 is 0. The van der Waals surface area contributed by atoms with E-state index in [0.717, 1.165) is 32.5 Å². The molecule has 3 rings (SSSR count). The van der Waals surface area contributed by atoms with E-state index >= 15 is 0 Å². The molecule has 2 aliphatic rings. The topological polar surface area (TPSA) is 57.0 Å². The second-order valence-electron chi connectivity index (χ2n) is 7.24. The fraction of sp³-hybridized carbons (Fsp3) is 0.500. The van der Waals surface area contributed by atoms with Crippen molar-refractivity contribution >= 4 is 5.78 Å². The summed E-state index contributed by atoms with van der Waals surface area (Å²) in [5.74, 6) is -0.00802. The highest BCUT2D eigenvalue weighted by atomic mass is 16.1. The second-order valence-corrected chi connectivity index (χ2v) is 7.24. The summed E-state index contributed by atoms with van der Waals surface area (Å²) in [4.78, 5) is 18.8. The third kappa shape index (κ3) is 2.69. The number of aromatic nitrogens is 1. The van der Waals surface area contributed by atoms with Crippen LogP contribution in [0, 0.1) is 22.2 Å². The van der Waals surface area contributed by atoms with Gasteiger partial charge in [0, 0.05) is 36.3 Å². The Morgan fingerprint density at radius 2 is 2.27 bits per heavy atom. The van der Waals surface area contributed by atoms with Gasteiger partial charge in [-0.15, -0.1) is 0 Å². The third-order valence-electron chi connectivity index (χ3n) is 4.82. The summed E-state index contributed by atoms with van der Waals surface area (Å²) in [5.41, 5.74) is 1.07. The minimum absolute atomic E-state index is 0.00802. The average molecular weight is 295 g/mol. The number of hydrogen-bond acceptors (Lipinski definition) is 4. The first-order valence-electron chi connectivity index (χ1n) is 7.73. The number of Topliss-reactive ketones (excluding diaryl/α,β-unsaturated/α-hetero) is 1. The molecule has 4 nitrogen and oxygen atoms in total. The lowest BCUT2D eigenvalue weighted by Gasteiger charge is -2.38. The van der Waals surface area contributed by atoms with E-state index in [0.29, 0.717) is 5.57 Å². The van der Waals surface area contributed by atoms with Gasteiger partial charge in [-0.1, -0.05) is 26.0 Å². The SMILES string of the molecule is CC1(C)CC2(C=C(C#N)C1=O)CCN(Cc1cccnc1)C2. The average Bonchev–Trinajstić information content (AvgIpc) is 2.86. The fourth-order valence-corrected chi connectivity index (χ4v) is 3.96. The van der Waals surface area contributed by atoms with Crippen molar-refractivity contribution in [1.29, 1.82) is 5.26 Å². The van der Waals surface area contributed by atoms with E-state index in [9.17, 15) is 10.1 Å². The Bertz CT molecular complexity index is 657. The molecule has 2 heterocycles. The van der Waals surface area contributed by atoms with Crippen LogP contribution in [0.4, 0.5) is 0 Å². The van der Waals surface area contributed by atoms with Crippen molar-refractivity contribution in [3.05, 3.63) is 41.7 Å². The van der Waals surface area contributed by atoms with E-state index in [1.165, 1.54) is 5.56 Å². The Labute approximate surface area is 131 Å². The summed E-state index contributed by atoms with van der Waals surface area (Å²) in [6, 6.07) is 6.15. The molecule has 1 unspecified atom stereocenters. The summed E-state index contributed by atoms with van der Waals surface area (Å²) in [5, 5.41) is 9.28. The van der Waals surface area contributed by atoms with Gasteiger partial charge in [-0.2, -0.15) is 5.26 Å². The summed E-state index contributed by atoms with van der Waals surface area (Å²) in [7, 11) is 0. The van der Waals surface area contributed by atoms with Crippen molar-refractivity contribution in [3.8, 4) is 6.07 Å². The molecule has 0 N–H and O–H groups in total. The van der Waals surface area contributed by atoms with Gasteiger partial charge < -0.3 is 0 Å². The van der Waals surface area contributed by atoms with Crippen molar-refractivity contribution in [1.82, 2.24) is 9.88 Å². The molecule has 1 aromatic rings. The predicted octanol–water partition coefficient (Wildman–Crippen LogP) is 2.72. The van der Waals surface area contributed by atoms with Crippen LogP contribution < -0.4 is 0 Å². The smallest absolute Gasteiger partial charge is 0.178 e. The van der Waals surface area contributed by atoms with Gasteiger partial charge in [0.1, 0.15) is 6.07 Å². The Morgan fingerprint density at radius 3 is 2.95 bits per heavy atom. The van der Waals surface area contributed by atoms with E-state index < -0.39 is 5.41 Å². The minimum Gasteiger partial charge on any atom is -0.298 e. The molecule has 1 saturated heterocycles. The number of hydrogen-bond donors (Lipinski definition) is 0. The van der Waals surface area contributed by atoms with Gasteiger partial charge in [0.25, 0.3) is 0 Å². The van der Waals surface area contributed by atoms with Crippen LogP contribution in [0.5, 0.6) is 0 Å². The number of rotatable bonds is 2. The fourth-order valence-electron chi connectivity index (χ4n) is 3.96. The van der Waals surface area contributed by atoms with Crippen LogP contribution in [-0.2, 0) is 11.3 Å². The van der Waals surface area contributed by atoms with Gasteiger partial charge in [0.05, 0.1) is 5.57 Å². The van der Waals surface area contributed by atoms with E-state index in [-0.39, 0.29) is 11.2 Å². The quantitative estimate of drug-likeness (QED) is 0.842. The molecule has 1 atom stereocenters. The number of pyridine rings is 1. The Kier molecular flexibility index (Phi) is 3.62. The molecule has 1 aliphatic carbocycles. The lowest BCUT2D eigenvalue weighted by atomic mass is 9.64. The van der Waals surface area contributed by atoms with Crippen LogP contribution in [-0.4, -0.2) is 28.8 Å². The third-order valence-corrected chi connectivity index (χ3v) is 4.82. The number of carbonyl (C=O) groups excluding carboxylic acids is 1. The molecule has 0 saturated carbocycles. The Hall–Kier alpha value is -1.99. The normalized spacial score (nSPS) is 27.7. The molecule has 0 radical (unpaired) electrons. The van der Waals surface area contributed by atoms with Crippen molar-refractivity contribution < 1.29 is 4.79 Å². The standard InChI is InChI=1S/C18H21N3O/c1-17(2)12-18(8-15(9-19)16(17)22)5-7-21(13-18)11-14-4-3-6-20-10-14/h3-4,6,8,10H,5,7,11-13H2,1-2H3. The molecule has 0 bridgehead atoms. The second kappa shape index (κ2) is 5.33. The van der Waals surface area contributed by atoms with E-state index in [4.69, 9.17) is 0 Å². The number of ketones is 1. The highest BCUT2D eigenvalue weighted by molar-refractivity contribution is 6.03. The zero-order valence-corrected chi connectivity index (χ0v) is 13.2. The first kappa shape index (κ1) is 14.9. The largest absolute Gasteiger partial charge is 0.298 e. The maximum Gasteiger partial charge on any atom is 0.178 e. The van der Waals surface area contributed by atoms with Gasteiger partial charge in [0.2, 0.25) is 0 Å². The van der Waals surface area contributed by atoms with Gasteiger partial charge in [0.15, 0.2) is 5.78 Å². The van der Waals surface area contributed by atoms with Gasteiger partial charge in [-0.05, 0) is 31.0 Å². The number of likely N-dealkylation sites (tertiary alicyclic amines) is 1. The molecule has 1 spiro atoms. The monoisotopic (exact) mass is 295 g/mol. The molecule has 1 fully saturated rings. The van der Waals surface area contributed by atoms with E-state index in [1.807, 2.05) is 32.2 Å². The summed E-state index contributed by atoms with van der Waals surface area (Å²) >= 11 is 0. The van der Waals surface area contributed by atoms with Gasteiger partial charge >= 0.3 is 0 Å². The predicted molar refractivity (Wildman–Crippen MR) is 83.7 cm³/mol. The molecule has 1 aliphatic heterocycles. The van der Waals surface area contributed by atoms with Crippen molar-refractivity contribution in [3.63, 3.8) is 0 Å². The molecule has 0 amide bonds. The number of nitrogens with zero attached hydrogens (tertiary/aromatic N) is 3. The van der Waals surface area contributed by atoms with Crippen LogP contribution in [0.15, 0.2) is 36.2 Å². The first-order valence-corrected chi connectivity index (χ1v) is 7.73. The number of allylic oxidation sites excluding steroid dienone is 1. The molecule has 0 aromatic carbocycles. The van der Waals surface area contributed by atoms with E-state index in [2.05, 4.69) is 22.0 Å². The molecular formula is C18H21N3O.